The van der Waals surface area contributed by atoms with E-state index in [-0.39, 0.29) is 11.9 Å². The molecule has 1 amide bonds. The summed E-state index contributed by atoms with van der Waals surface area (Å²) in [5.41, 5.74) is 1.37. The van der Waals surface area contributed by atoms with Gasteiger partial charge in [0, 0.05) is 38.8 Å². The maximum Gasteiger partial charge on any atom is 0.237 e. The molecule has 0 spiro atoms. The van der Waals surface area contributed by atoms with Crippen LogP contribution in [0.5, 0.6) is 0 Å². The molecule has 1 N–H and O–H groups in total. The van der Waals surface area contributed by atoms with Crippen LogP contribution in [0, 0.1) is 0 Å². The van der Waals surface area contributed by atoms with Gasteiger partial charge in [0.2, 0.25) is 5.91 Å². The largest absolute Gasteiger partial charge is 0.352 e. The standard InChI is InChI=1S/C21H33N3O/c1-18(21(25)22-20-11-7-2-3-8-12-20)24-15-13-23(14-16-24)17-19-9-5-4-6-10-19/h4-6,9-10,18,20H,2-3,7-8,11-17H2,1H3,(H,22,25)/t18-/m0/s1. The number of nitrogens with one attached hydrogen (secondary N) is 1. The van der Waals surface area contributed by atoms with Crippen LogP contribution in [0.2, 0.25) is 0 Å². The monoisotopic (exact) mass is 343 g/mol. The Morgan fingerprint density at radius 1 is 1.04 bits per heavy atom. The van der Waals surface area contributed by atoms with Gasteiger partial charge in [0.05, 0.1) is 6.04 Å². The number of piperazine rings is 1. The number of rotatable bonds is 5. The van der Waals surface area contributed by atoms with E-state index in [1.54, 1.807) is 0 Å². The van der Waals surface area contributed by atoms with Gasteiger partial charge in [0.1, 0.15) is 0 Å². The van der Waals surface area contributed by atoms with E-state index < -0.39 is 0 Å². The first-order valence-corrected chi connectivity index (χ1v) is 10.0. The van der Waals surface area contributed by atoms with Crippen LogP contribution in [0.3, 0.4) is 0 Å². The highest BCUT2D eigenvalue weighted by molar-refractivity contribution is 5.81. The van der Waals surface area contributed by atoms with Crippen molar-refractivity contribution < 1.29 is 4.79 Å². The average molecular weight is 344 g/mol. The molecule has 0 bridgehead atoms. The number of nitrogens with zero attached hydrogens (tertiary/aromatic N) is 2. The third kappa shape index (κ3) is 5.55. The minimum atomic E-state index is -0.0119. The Bertz CT molecular complexity index is 517. The second kappa shape index (κ2) is 9.35. The van der Waals surface area contributed by atoms with E-state index in [1.165, 1.54) is 31.2 Å². The Balaban J connectivity index is 1.42. The Morgan fingerprint density at radius 2 is 1.68 bits per heavy atom. The van der Waals surface area contributed by atoms with Crippen LogP contribution >= 0.6 is 0 Å². The molecule has 1 aliphatic carbocycles. The lowest BCUT2D eigenvalue weighted by atomic mass is 10.1. The molecule has 1 saturated carbocycles. The van der Waals surface area contributed by atoms with Gasteiger partial charge < -0.3 is 5.32 Å². The third-order valence-electron chi connectivity index (χ3n) is 5.78. The number of hydrogen-bond acceptors (Lipinski definition) is 3. The Hall–Kier alpha value is -1.39. The highest BCUT2D eigenvalue weighted by Crippen LogP contribution is 2.18. The molecule has 0 aromatic heterocycles. The first kappa shape index (κ1) is 18.4. The molecule has 25 heavy (non-hydrogen) atoms. The SMILES string of the molecule is C[C@@H](C(=O)NC1CCCCCC1)N1CCN(Cc2ccccc2)CC1. The first-order chi connectivity index (χ1) is 12.2. The van der Waals surface area contributed by atoms with Crippen molar-refractivity contribution in [1.82, 2.24) is 15.1 Å². The highest BCUT2D eigenvalue weighted by Gasteiger charge is 2.27. The quantitative estimate of drug-likeness (QED) is 0.835. The van der Waals surface area contributed by atoms with Crippen LogP contribution in [-0.4, -0.2) is 54.0 Å². The van der Waals surface area contributed by atoms with Crippen molar-refractivity contribution in [1.29, 1.82) is 0 Å². The normalized spacial score (nSPS) is 22.3. The summed E-state index contributed by atoms with van der Waals surface area (Å²) in [4.78, 5) is 17.5. The van der Waals surface area contributed by atoms with Crippen molar-refractivity contribution in [2.24, 2.45) is 0 Å². The van der Waals surface area contributed by atoms with E-state index in [9.17, 15) is 4.79 Å². The van der Waals surface area contributed by atoms with E-state index in [4.69, 9.17) is 0 Å². The van der Waals surface area contributed by atoms with Gasteiger partial charge in [-0.1, -0.05) is 56.0 Å². The summed E-state index contributed by atoms with van der Waals surface area (Å²) in [6.45, 7) is 7.11. The van der Waals surface area contributed by atoms with Crippen molar-refractivity contribution in [3.63, 3.8) is 0 Å². The number of hydrogen-bond donors (Lipinski definition) is 1. The molecular weight excluding hydrogens is 310 g/mol. The van der Waals surface area contributed by atoms with Gasteiger partial charge in [-0.05, 0) is 25.3 Å². The van der Waals surface area contributed by atoms with E-state index in [2.05, 4.69) is 52.4 Å². The van der Waals surface area contributed by atoms with Gasteiger partial charge in [-0.25, -0.2) is 0 Å². The smallest absolute Gasteiger partial charge is 0.237 e. The fraction of sp³-hybridized carbons (Fsp3) is 0.667. The number of carbonyl (C=O) groups excluding carboxylic acids is 1. The minimum absolute atomic E-state index is 0.0119. The van der Waals surface area contributed by atoms with Crippen LogP contribution in [0.15, 0.2) is 30.3 Å². The predicted molar refractivity (Wildman–Crippen MR) is 102 cm³/mol. The van der Waals surface area contributed by atoms with Gasteiger partial charge in [0.25, 0.3) is 0 Å². The molecule has 0 radical (unpaired) electrons. The van der Waals surface area contributed by atoms with Crippen LogP contribution in [0.1, 0.15) is 51.0 Å². The lowest BCUT2D eigenvalue weighted by Gasteiger charge is -2.37. The minimum Gasteiger partial charge on any atom is -0.352 e. The van der Waals surface area contributed by atoms with Crippen molar-refractivity contribution >= 4 is 5.91 Å². The zero-order valence-electron chi connectivity index (χ0n) is 15.6. The Labute approximate surface area is 152 Å². The molecule has 1 saturated heterocycles. The van der Waals surface area contributed by atoms with Gasteiger partial charge >= 0.3 is 0 Å². The molecule has 1 aliphatic heterocycles. The maximum atomic E-state index is 12.6. The Kier molecular flexibility index (Phi) is 6.88. The van der Waals surface area contributed by atoms with E-state index in [1.807, 2.05) is 0 Å². The second-order valence-electron chi connectivity index (χ2n) is 7.67. The molecule has 138 valence electrons. The summed E-state index contributed by atoms with van der Waals surface area (Å²) in [5.74, 6) is 0.225. The van der Waals surface area contributed by atoms with Crippen molar-refractivity contribution in [3.05, 3.63) is 35.9 Å². The molecule has 1 heterocycles. The molecule has 3 rings (SSSR count). The molecule has 1 aromatic carbocycles. The first-order valence-electron chi connectivity index (χ1n) is 10.0. The second-order valence-corrected chi connectivity index (χ2v) is 7.67. The van der Waals surface area contributed by atoms with Crippen LogP contribution in [0.25, 0.3) is 0 Å². The van der Waals surface area contributed by atoms with E-state index >= 15 is 0 Å². The zero-order valence-corrected chi connectivity index (χ0v) is 15.6. The maximum absolute atomic E-state index is 12.6. The molecule has 1 atom stereocenters. The fourth-order valence-corrected chi connectivity index (χ4v) is 4.06. The van der Waals surface area contributed by atoms with Crippen LogP contribution in [0.4, 0.5) is 0 Å². The van der Waals surface area contributed by atoms with Crippen molar-refractivity contribution in [3.8, 4) is 0 Å². The van der Waals surface area contributed by atoms with Crippen molar-refractivity contribution in [2.45, 2.75) is 64.1 Å². The molecule has 2 fully saturated rings. The highest BCUT2D eigenvalue weighted by atomic mass is 16.2. The molecular formula is C21H33N3O. The van der Waals surface area contributed by atoms with Gasteiger partial charge in [-0.15, -0.1) is 0 Å². The van der Waals surface area contributed by atoms with Crippen LogP contribution in [-0.2, 0) is 11.3 Å². The molecule has 4 nitrogen and oxygen atoms in total. The summed E-state index contributed by atoms with van der Waals surface area (Å²) in [5, 5.41) is 3.31. The van der Waals surface area contributed by atoms with E-state index in [0.717, 1.165) is 45.6 Å². The van der Waals surface area contributed by atoms with Gasteiger partial charge in [0.15, 0.2) is 0 Å². The molecule has 0 unspecified atom stereocenters. The van der Waals surface area contributed by atoms with Crippen LogP contribution < -0.4 is 5.32 Å². The number of benzene rings is 1. The molecule has 1 aromatic rings. The van der Waals surface area contributed by atoms with E-state index in [0.29, 0.717) is 6.04 Å². The predicted octanol–water partition coefficient (Wildman–Crippen LogP) is 3.03. The fourth-order valence-electron chi connectivity index (χ4n) is 4.06. The lowest BCUT2D eigenvalue weighted by molar-refractivity contribution is -0.127. The van der Waals surface area contributed by atoms with Gasteiger partial charge in [-0.2, -0.15) is 0 Å². The Morgan fingerprint density at radius 3 is 2.32 bits per heavy atom. The average Bonchev–Trinajstić information content (AvgIpc) is 2.91. The zero-order chi connectivity index (χ0) is 17.5. The topological polar surface area (TPSA) is 35.6 Å². The number of amides is 1. The number of carbonyl (C=O) groups is 1. The summed E-state index contributed by atoms with van der Waals surface area (Å²) in [6.07, 6.45) is 7.48. The third-order valence-corrected chi connectivity index (χ3v) is 5.78. The summed E-state index contributed by atoms with van der Waals surface area (Å²) >= 11 is 0. The van der Waals surface area contributed by atoms with Gasteiger partial charge in [-0.3, -0.25) is 14.6 Å². The summed E-state index contributed by atoms with van der Waals surface area (Å²) in [6, 6.07) is 11.0. The summed E-state index contributed by atoms with van der Waals surface area (Å²) < 4.78 is 0. The molecule has 2 aliphatic rings. The lowest BCUT2D eigenvalue weighted by Crippen LogP contribution is -2.54. The summed E-state index contributed by atoms with van der Waals surface area (Å²) in [7, 11) is 0. The molecule has 4 heteroatoms. The van der Waals surface area contributed by atoms with Crippen molar-refractivity contribution in [2.75, 3.05) is 26.2 Å².